The summed E-state index contributed by atoms with van der Waals surface area (Å²) in [5, 5.41) is 2.93. The van der Waals surface area contributed by atoms with Crippen molar-refractivity contribution in [3.63, 3.8) is 0 Å². The molecule has 1 fully saturated rings. The summed E-state index contributed by atoms with van der Waals surface area (Å²) in [6.07, 6.45) is 4.76. The molecule has 0 saturated carbocycles. The maximum atomic E-state index is 12.3. The molecule has 1 aromatic rings. The fraction of sp³-hybridized carbons (Fsp3) is 0.562. The minimum atomic E-state index is -3.65. The third-order valence-corrected chi connectivity index (χ3v) is 6.49. The first-order chi connectivity index (χ1) is 11.3. The van der Waals surface area contributed by atoms with Crippen LogP contribution in [0.2, 0.25) is 5.02 Å². The van der Waals surface area contributed by atoms with Crippen LogP contribution in [0.15, 0.2) is 23.1 Å². The van der Waals surface area contributed by atoms with Gasteiger partial charge < -0.3 is 10.2 Å². The summed E-state index contributed by atoms with van der Waals surface area (Å²) in [6, 6.07) is 4.52. The number of quaternary nitrogens is 1. The Kier molecular flexibility index (Phi) is 6.62. The SMILES string of the molecule is CN(C)S(=O)(=O)c1cc(NC(=O)C[NH+]2CCCCCC2)ccc1Cl. The smallest absolute Gasteiger partial charge is 0.279 e. The number of rotatable bonds is 5. The molecule has 6 nitrogen and oxygen atoms in total. The Morgan fingerprint density at radius 2 is 1.83 bits per heavy atom. The summed E-state index contributed by atoms with van der Waals surface area (Å²) in [7, 11) is -0.765. The Hall–Kier alpha value is -1.15. The molecule has 1 amide bonds. The van der Waals surface area contributed by atoms with Gasteiger partial charge in [0.25, 0.3) is 5.91 Å². The molecule has 1 saturated heterocycles. The highest BCUT2D eigenvalue weighted by Crippen LogP contribution is 2.26. The van der Waals surface area contributed by atoms with Crippen LogP contribution in [-0.2, 0) is 14.8 Å². The second-order valence-corrected chi connectivity index (χ2v) is 8.85. The van der Waals surface area contributed by atoms with Gasteiger partial charge in [0.05, 0.1) is 18.1 Å². The maximum Gasteiger partial charge on any atom is 0.279 e. The number of halogens is 1. The number of sulfonamides is 1. The first-order valence-electron chi connectivity index (χ1n) is 8.16. The number of hydrogen-bond donors (Lipinski definition) is 2. The van der Waals surface area contributed by atoms with Crippen LogP contribution in [0.1, 0.15) is 25.7 Å². The molecule has 0 atom stereocenters. The highest BCUT2D eigenvalue weighted by molar-refractivity contribution is 7.89. The molecule has 2 N–H and O–H groups in total. The van der Waals surface area contributed by atoms with Crippen molar-refractivity contribution in [2.45, 2.75) is 30.6 Å². The van der Waals surface area contributed by atoms with Crippen molar-refractivity contribution in [3.8, 4) is 0 Å². The Bertz CT molecular complexity index is 684. The largest absolute Gasteiger partial charge is 0.327 e. The summed E-state index contributed by atoms with van der Waals surface area (Å²) in [6.45, 7) is 2.42. The Balaban J connectivity index is 2.08. The number of anilines is 1. The van der Waals surface area contributed by atoms with Crippen LogP contribution >= 0.6 is 11.6 Å². The molecule has 8 heteroatoms. The highest BCUT2D eigenvalue weighted by atomic mass is 35.5. The molecule has 0 unspecified atom stereocenters. The number of nitrogens with one attached hydrogen (secondary N) is 2. The van der Waals surface area contributed by atoms with Crippen LogP contribution in [-0.4, -0.2) is 52.4 Å². The molecular weight excluding hydrogens is 350 g/mol. The van der Waals surface area contributed by atoms with E-state index < -0.39 is 10.0 Å². The summed E-state index contributed by atoms with van der Waals surface area (Å²) in [5.41, 5.74) is 0.444. The van der Waals surface area contributed by atoms with E-state index in [2.05, 4.69) is 5.32 Å². The van der Waals surface area contributed by atoms with E-state index in [0.29, 0.717) is 12.2 Å². The third kappa shape index (κ3) is 4.92. The molecule has 24 heavy (non-hydrogen) atoms. The van der Waals surface area contributed by atoms with E-state index in [1.165, 1.54) is 44.0 Å². The predicted molar refractivity (Wildman–Crippen MR) is 95.0 cm³/mol. The molecule has 0 aromatic heterocycles. The van der Waals surface area contributed by atoms with Gasteiger partial charge in [0.2, 0.25) is 10.0 Å². The van der Waals surface area contributed by atoms with E-state index in [4.69, 9.17) is 11.6 Å². The number of likely N-dealkylation sites (tertiary alicyclic amines) is 1. The average Bonchev–Trinajstić information content (AvgIpc) is 2.77. The van der Waals surface area contributed by atoms with Gasteiger partial charge in [-0.1, -0.05) is 11.6 Å². The second kappa shape index (κ2) is 8.29. The molecule has 0 spiro atoms. The van der Waals surface area contributed by atoms with E-state index in [0.717, 1.165) is 30.2 Å². The number of carbonyl (C=O) groups is 1. The van der Waals surface area contributed by atoms with Crippen molar-refractivity contribution in [3.05, 3.63) is 23.2 Å². The van der Waals surface area contributed by atoms with Crippen LogP contribution < -0.4 is 10.2 Å². The van der Waals surface area contributed by atoms with Crippen molar-refractivity contribution in [1.29, 1.82) is 0 Å². The lowest BCUT2D eigenvalue weighted by Crippen LogP contribution is -3.12. The molecule has 1 aliphatic rings. The number of nitrogens with zero attached hydrogens (tertiary/aromatic N) is 1. The molecular formula is C16H25ClN3O3S+. The Morgan fingerprint density at radius 3 is 2.42 bits per heavy atom. The van der Waals surface area contributed by atoms with E-state index in [9.17, 15) is 13.2 Å². The second-order valence-electron chi connectivity index (χ2n) is 6.32. The maximum absolute atomic E-state index is 12.3. The van der Waals surface area contributed by atoms with Gasteiger partial charge in [0.15, 0.2) is 6.54 Å². The highest BCUT2D eigenvalue weighted by Gasteiger charge is 2.22. The van der Waals surface area contributed by atoms with Crippen LogP contribution in [0.4, 0.5) is 5.69 Å². The molecule has 134 valence electrons. The summed E-state index contributed by atoms with van der Waals surface area (Å²) >= 11 is 6.01. The van der Waals surface area contributed by atoms with Crippen molar-refractivity contribution < 1.29 is 18.1 Å². The molecule has 1 aliphatic heterocycles. The zero-order chi connectivity index (χ0) is 17.7. The molecule has 0 bridgehead atoms. The average molecular weight is 375 g/mol. The Morgan fingerprint density at radius 1 is 1.21 bits per heavy atom. The molecule has 0 radical (unpaired) electrons. The number of benzene rings is 1. The van der Waals surface area contributed by atoms with Crippen molar-refractivity contribution >= 4 is 33.2 Å². The monoisotopic (exact) mass is 374 g/mol. The lowest BCUT2D eigenvalue weighted by molar-refractivity contribution is -0.890. The van der Waals surface area contributed by atoms with Gasteiger partial charge in [-0.3, -0.25) is 4.79 Å². The first kappa shape index (κ1) is 19.2. The van der Waals surface area contributed by atoms with Gasteiger partial charge in [-0.05, 0) is 43.9 Å². The van der Waals surface area contributed by atoms with E-state index in [1.807, 2.05) is 0 Å². The van der Waals surface area contributed by atoms with Crippen molar-refractivity contribution in [1.82, 2.24) is 4.31 Å². The van der Waals surface area contributed by atoms with E-state index in [1.54, 1.807) is 6.07 Å². The summed E-state index contributed by atoms with van der Waals surface area (Å²) in [4.78, 5) is 13.5. The lowest BCUT2D eigenvalue weighted by atomic mass is 10.2. The zero-order valence-corrected chi connectivity index (χ0v) is 15.7. The first-order valence-corrected chi connectivity index (χ1v) is 9.98. The summed E-state index contributed by atoms with van der Waals surface area (Å²) < 4.78 is 25.6. The number of hydrogen-bond acceptors (Lipinski definition) is 3. The van der Waals surface area contributed by atoms with Crippen LogP contribution in [0, 0.1) is 0 Å². The molecule has 1 heterocycles. The van der Waals surface area contributed by atoms with E-state index >= 15 is 0 Å². The van der Waals surface area contributed by atoms with Crippen molar-refractivity contribution in [2.75, 3.05) is 39.0 Å². The van der Waals surface area contributed by atoms with Gasteiger partial charge in [-0.25, -0.2) is 12.7 Å². The minimum Gasteiger partial charge on any atom is -0.327 e. The van der Waals surface area contributed by atoms with Gasteiger partial charge in [-0.15, -0.1) is 0 Å². The molecule has 2 rings (SSSR count). The summed E-state index contributed by atoms with van der Waals surface area (Å²) in [5.74, 6) is -0.109. The number of amides is 1. The molecule has 1 aromatic carbocycles. The normalized spacial score (nSPS) is 16.8. The van der Waals surface area contributed by atoms with Crippen molar-refractivity contribution in [2.24, 2.45) is 0 Å². The van der Waals surface area contributed by atoms with E-state index in [-0.39, 0.29) is 15.8 Å². The Labute approximate surface area is 148 Å². The third-order valence-electron chi connectivity index (χ3n) is 4.19. The van der Waals surface area contributed by atoms with Crippen LogP contribution in [0.25, 0.3) is 0 Å². The van der Waals surface area contributed by atoms with Crippen LogP contribution in [0.3, 0.4) is 0 Å². The quantitative estimate of drug-likeness (QED) is 0.807. The van der Waals surface area contributed by atoms with Gasteiger partial charge in [0.1, 0.15) is 4.90 Å². The lowest BCUT2D eigenvalue weighted by Gasteiger charge is -2.17. The predicted octanol–water partition coefficient (Wildman–Crippen LogP) is 0.988. The van der Waals surface area contributed by atoms with Crippen LogP contribution in [0.5, 0.6) is 0 Å². The van der Waals surface area contributed by atoms with Gasteiger partial charge in [-0.2, -0.15) is 0 Å². The molecule has 0 aliphatic carbocycles. The topological polar surface area (TPSA) is 70.9 Å². The van der Waals surface area contributed by atoms with Gasteiger partial charge in [0, 0.05) is 19.8 Å². The number of carbonyl (C=O) groups excluding carboxylic acids is 1. The fourth-order valence-corrected chi connectivity index (χ4v) is 4.21. The van der Waals surface area contributed by atoms with Gasteiger partial charge >= 0.3 is 0 Å². The zero-order valence-electron chi connectivity index (χ0n) is 14.1. The minimum absolute atomic E-state index is 0.00548. The fourth-order valence-electron chi connectivity index (χ4n) is 2.81. The standard InChI is InChI=1S/C16H24ClN3O3S/c1-19(2)24(22,23)15-11-13(7-8-14(15)17)18-16(21)12-20-9-5-3-4-6-10-20/h7-8,11H,3-6,9-10,12H2,1-2H3,(H,18,21)/p+1.